The predicted octanol–water partition coefficient (Wildman–Crippen LogP) is 15.9. The molecule has 0 bridgehead atoms. The summed E-state index contributed by atoms with van der Waals surface area (Å²) in [7, 11) is 0. The predicted molar refractivity (Wildman–Crippen MR) is 260 cm³/mol. The summed E-state index contributed by atoms with van der Waals surface area (Å²) in [6.45, 7) is 0. The molecule has 0 amide bonds. The number of benzene rings is 9. The van der Waals surface area contributed by atoms with Crippen molar-refractivity contribution in [3.8, 4) is 56.3 Å². The van der Waals surface area contributed by atoms with Gasteiger partial charge in [0.25, 0.3) is 0 Å². The Labute approximate surface area is 360 Å². The second-order valence-electron chi connectivity index (χ2n) is 15.9. The van der Waals surface area contributed by atoms with E-state index in [1.807, 2.05) is 47.7 Å². The fourth-order valence-electron chi connectivity index (χ4n) is 9.35. The van der Waals surface area contributed by atoms with Gasteiger partial charge in [-0.05, 0) is 58.8 Å². The molecule has 4 nitrogen and oxygen atoms in total. The van der Waals surface area contributed by atoms with E-state index < -0.39 is 0 Å². The van der Waals surface area contributed by atoms with E-state index in [1.54, 1.807) is 0 Å². The topological polar surface area (TPSA) is 51.8 Å². The molecule has 62 heavy (non-hydrogen) atoms. The van der Waals surface area contributed by atoms with Crippen LogP contribution in [-0.4, -0.2) is 15.0 Å². The lowest BCUT2D eigenvalue weighted by Crippen LogP contribution is -1.96. The van der Waals surface area contributed by atoms with Gasteiger partial charge in [0.1, 0.15) is 11.2 Å². The minimum Gasteiger partial charge on any atom is -0.455 e. The molecule has 9 aromatic carbocycles. The molecule has 13 aromatic rings. The molecule has 0 saturated heterocycles. The van der Waals surface area contributed by atoms with Gasteiger partial charge in [-0.25, -0.2) is 15.0 Å². The smallest absolute Gasteiger partial charge is 0.164 e. The normalized spacial score (nSPS) is 11.9. The fourth-order valence-corrected chi connectivity index (χ4v) is 10.5. The second kappa shape index (κ2) is 13.8. The van der Waals surface area contributed by atoms with Crippen molar-refractivity contribution < 1.29 is 4.42 Å². The third kappa shape index (κ3) is 5.49. The molecule has 0 aliphatic rings. The average molecular weight is 808 g/mol. The molecule has 5 heteroatoms. The van der Waals surface area contributed by atoms with Crippen LogP contribution < -0.4 is 0 Å². The molecule has 0 unspecified atom stereocenters. The number of hydrogen-bond donors (Lipinski definition) is 0. The molecule has 4 aromatic heterocycles. The first-order valence-electron chi connectivity index (χ1n) is 20.8. The zero-order valence-electron chi connectivity index (χ0n) is 33.2. The van der Waals surface area contributed by atoms with Crippen molar-refractivity contribution >= 4 is 85.9 Å². The second-order valence-corrected chi connectivity index (χ2v) is 17.0. The lowest BCUT2D eigenvalue weighted by Gasteiger charge is -2.15. The fraction of sp³-hybridized carbons (Fsp3) is 0. The minimum atomic E-state index is 0.625. The van der Waals surface area contributed by atoms with E-state index in [1.165, 1.54) is 30.9 Å². The molecular formula is C57H33N3OS. The third-order valence-corrected chi connectivity index (χ3v) is 13.4. The highest BCUT2D eigenvalue weighted by molar-refractivity contribution is 7.26. The van der Waals surface area contributed by atoms with E-state index in [4.69, 9.17) is 19.4 Å². The zero-order chi connectivity index (χ0) is 40.7. The van der Waals surface area contributed by atoms with E-state index in [2.05, 4.69) is 164 Å². The summed E-state index contributed by atoms with van der Waals surface area (Å²) in [5.74, 6) is 0.625. The molecule has 4 heterocycles. The summed E-state index contributed by atoms with van der Waals surface area (Å²) in [4.78, 5) is 15.9. The Bertz CT molecular complexity index is 3930. The van der Waals surface area contributed by atoms with Gasteiger partial charge >= 0.3 is 0 Å². The zero-order valence-corrected chi connectivity index (χ0v) is 34.0. The summed E-state index contributed by atoms with van der Waals surface area (Å²) in [5, 5.41) is 10.6. The third-order valence-electron chi connectivity index (χ3n) is 12.3. The quantitative estimate of drug-likeness (QED) is 0.163. The van der Waals surface area contributed by atoms with E-state index in [0.29, 0.717) is 5.82 Å². The van der Waals surface area contributed by atoms with Crippen molar-refractivity contribution in [3.63, 3.8) is 0 Å². The molecule has 0 N–H and O–H groups in total. The van der Waals surface area contributed by atoms with Crippen LogP contribution in [0.1, 0.15) is 0 Å². The van der Waals surface area contributed by atoms with Gasteiger partial charge in [0.15, 0.2) is 5.82 Å². The summed E-state index contributed by atoms with van der Waals surface area (Å²) in [5.41, 5.74) is 11.6. The van der Waals surface area contributed by atoms with Gasteiger partial charge in [-0.1, -0.05) is 158 Å². The Morgan fingerprint density at radius 2 is 1.02 bits per heavy atom. The highest BCUT2D eigenvalue weighted by Gasteiger charge is 2.20. The molecular weight excluding hydrogens is 775 g/mol. The molecule has 0 aliphatic carbocycles. The molecule has 0 radical (unpaired) electrons. The number of nitrogens with zero attached hydrogens (tertiary/aromatic N) is 3. The van der Waals surface area contributed by atoms with E-state index >= 15 is 0 Å². The maximum atomic E-state index is 6.46. The van der Waals surface area contributed by atoms with Gasteiger partial charge in [0, 0.05) is 69.4 Å². The van der Waals surface area contributed by atoms with Gasteiger partial charge in [0.05, 0.1) is 28.2 Å². The molecule has 0 aliphatic heterocycles. The molecule has 0 atom stereocenters. The van der Waals surface area contributed by atoms with Crippen LogP contribution in [0.2, 0.25) is 0 Å². The van der Waals surface area contributed by atoms with E-state index in [9.17, 15) is 0 Å². The number of pyridine rings is 1. The lowest BCUT2D eigenvalue weighted by atomic mass is 9.92. The first-order valence-corrected chi connectivity index (χ1v) is 21.7. The SMILES string of the molecule is c1ccc(-c2cc(-c3ccc4cc(-c5cccc6c5nc(-c5ccccc5)c5ccc7sc8ccccc8c7c56)ccc4c3)nc(-c3cccc4c3oc3ccccc34)n2)cc1. The van der Waals surface area contributed by atoms with E-state index in [0.717, 1.165) is 94.1 Å². The van der Waals surface area contributed by atoms with Gasteiger partial charge in [-0.3, -0.25) is 0 Å². The van der Waals surface area contributed by atoms with Crippen LogP contribution in [0.25, 0.3) is 131 Å². The van der Waals surface area contributed by atoms with Gasteiger partial charge in [0.2, 0.25) is 0 Å². The summed E-state index contributed by atoms with van der Waals surface area (Å²) in [6.07, 6.45) is 0. The Balaban J connectivity index is 0.974. The highest BCUT2D eigenvalue weighted by Crippen LogP contribution is 2.45. The standard InChI is InChI=1S/C57H33N3OS/c1-3-13-34(14-4-1)47-33-48(59-57(58-47)46-22-12-20-42-41-17-7-9-23-49(41)61-56(42)46)39-28-26-36-31-38(27-25-37(36)32-39)40-19-11-21-44-52-45(54(60-55(40)44)35-15-5-2-6-16-35)29-30-51-53(52)43-18-8-10-24-50(43)62-51/h1-33H. The maximum absolute atomic E-state index is 6.46. The van der Waals surface area contributed by atoms with Crippen LogP contribution in [0.5, 0.6) is 0 Å². The Morgan fingerprint density at radius 3 is 1.84 bits per heavy atom. The number of para-hydroxylation sites is 3. The van der Waals surface area contributed by atoms with Crippen molar-refractivity contribution in [1.29, 1.82) is 0 Å². The van der Waals surface area contributed by atoms with Gasteiger partial charge in [-0.15, -0.1) is 11.3 Å². The van der Waals surface area contributed by atoms with Crippen molar-refractivity contribution in [2.75, 3.05) is 0 Å². The van der Waals surface area contributed by atoms with Crippen LogP contribution >= 0.6 is 11.3 Å². The number of aromatic nitrogens is 3. The molecule has 0 saturated carbocycles. The van der Waals surface area contributed by atoms with Crippen molar-refractivity contribution in [2.45, 2.75) is 0 Å². The number of thiophene rings is 1. The molecule has 288 valence electrons. The number of rotatable bonds is 5. The van der Waals surface area contributed by atoms with Gasteiger partial charge < -0.3 is 4.42 Å². The van der Waals surface area contributed by atoms with Crippen LogP contribution in [0.15, 0.2) is 205 Å². The van der Waals surface area contributed by atoms with Crippen LogP contribution in [0.4, 0.5) is 0 Å². The summed E-state index contributed by atoms with van der Waals surface area (Å²) < 4.78 is 9.04. The maximum Gasteiger partial charge on any atom is 0.164 e. The van der Waals surface area contributed by atoms with Crippen molar-refractivity contribution in [2.24, 2.45) is 0 Å². The first-order chi connectivity index (χ1) is 30.7. The number of fused-ring (bicyclic) bond motifs is 11. The summed E-state index contributed by atoms with van der Waals surface area (Å²) in [6, 6.07) is 70.7. The van der Waals surface area contributed by atoms with Crippen LogP contribution in [-0.2, 0) is 0 Å². The number of furan rings is 1. The highest BCUT2D eigenvalue weighted by atomic mass is 32.1. The summed E-state index contributed by atoms with van der Waals surface area (Å²) >= 11 is 1.86. The van der Waals surface area contributed by atoms with Crippen LogP contribution in [0.3, 0.4) is 0 Å². The van der Waals surface area contributed by atoms with Crippen molar-refractivity contribution in [1.82, 2.24) is 15.0 Å². The largest absolute Gasteiger partial charge is 0.455 e. The van der Waals surface area contributed by atoms with E-state index in [-0.39, 0.29) is 0 Å². The Hall–Kier alpha value is -7.99. The minimum absolute atomic E-state index is 0.625. The monoisotopic (exact) mass is 807 g/mol. The van der Waals surface area contributed by atoms with Crippen LogP contribution in [0, 0.1) is 0 Å². The molecule has 0 spiro atoms. The molecule has 13 rings (SSSR count). The molecule has 0 fully saturated rings. The lowest BCUT2D eigenvalue weighted by molar-refractivity contribution is 0.669. The first kappa shape index (κ1) is 34.8. The van der Waals surface area contributed by atoms with Crippen molar-refractivity contribution in [3.05, 3.63) is 200 Å². The Kier molecular flexibility index (Phi) is 7.74. The average Bonchev–Trinajstić information content (AvgIpc) is 3.92. The Morgan fingerprint density at radius 1 is 0.371 bits per heavy atom. The van der Waals surface area contributed by atoms with Gasteiger partial charge in [-0.2, -0.15) is 0 Å². The number of hydrogen-bond acceptors (Lipinski definition) is 5.